The number of carbonyl (C=O) groups excluding carboxylic acids is 1. The van der Waals surface area contributed by atoms with E-state index in [9.17, 15) is 21.6 Å². The molecule has 19 heavy (non-hydrogen) atoms. The van der Waals surface area contributed by atoms with E-state index in [0.29, 0.717) is 19.5 Å². The van der Waals surface area contributed by atoms with E-state index in [1.165, 1.54) is 4.90 Å². The summed E-state index contributed by atoms with van der Waals surface area (Å²) in [6.07, 6.45) is 2.49. The lowest BCUT2D eigenvalue weighted by molar-refractivity contribution is -0.130. The van der Waals surface area contributed by atoms with Crippen molar-refractivity contribution in [2.24, 2.45) is 11.1 Å². The van der Waals surface area contributed by atoms with Crippen molar-refractivity contribution in [3.05, 3.63) is 0 Å². The Morgan fingerprint density at radius 1 is 1.37 bits per heavy atom. The monoisotopic (exact) mass is 313 g/mol. The average molecular weight is 313 g/mol. The number of nitrogens with zero attached hydrogens (tertiary/aromatic N) is 1. The third kappa shape index (κ3) is 6.85. The molecule has 0 aromatic carbocycles. The van der Waals surface area contributed by atoms with E-state index in [0.717, 1.165) is 12.7 Å². The van der Waals surface area contributed by atoms with Crippen molar-refractivity contribution in [1.29, 1.82) is 0 Å². The second kappa shape index (κ2) is 6.16. The average Bonchev–Trinajstić information content (AvgIpc) is 2.23. The molecule has 1 amide bonds. The van der Waals surface area contributed by atoms with E-state index in [2.05, 4.69) is 4.72 Å². The number of hydrogen-bond acceptors (Lipinski definition) is 5. The Balaban J connectivity index is 2.52. The maximum absolute atomic E-state index is 11.7. The number of piperidine rings is 1. The first-order valence-corrected chi connectivity index (χ1v) is 9.40. The van der Waals surface area contributed by atoms with Gasteiger partial charge in [0.25, 0.3) is 10.2 Å². The molecule has 0 radical (unpaired) electrons. The predicted molar refractivity (Wildman–Crippen MR) is 70.1 cm³/mol. The van der Waals surface area contributed by atoms with Crippen LogP contribution in [-0.4, -0.2) is 59.3 Å². The highest BCUT2D eigenvalue weighted by Gasteiger charge is 2.26. The zero-order chi connectivity index (χ0) is 14.7. The molecule has 0 spiro atoms. The van der Waals surface area contributed by atoms with Crippen molar-refractivity contribution in [2.75, 3.05) is 31.6 Å². The molecule has 1 atom stereocenters. The van der Waals surface area contributed by atoms with Crippen LogP contribution in [0.1, 0.15) is 12.8 Å². The van der Waals surface area contributed by atoms with Crippen molar-refractivity contribution in [3.63, 3.8) is 0 Å². The second-order valence-corrected chi connectivity index (χ2v) is 8.33. The lowest BCUT2D eigenvalue weighted by Gasteiger charge is -2.32. The molecule has 0 saturated carbocycles. The minimum atomic E-state index is -3.74. The fourth-order valence-corrected chi connectivity index (χ4v) is 3.11. The third-order valence-corrected chi connectivity index (χ3v) is 4.17. The van der Waals surface area contributed by atoms with Crippen molar-refractivity contribution >= 4 is 26.0 Å². The van der Waals surface area contributed by atoms with E-state index in [-0.39, 0.29) is 12.5 Å². The standard InChI is InChI=1S/C9H19N3O5S2/c1-18(14,15)7-9(13)12-4-2-3-8(6-12)5-11-19(10,16)17/h8,11H,2-7H2,1H3,(H2,10,16,17). The Morgan fingerprint density at radius 2 is 2.00 bits per heavy atom. The summed E-state index contributed by atoms with van der Waals surface area (Å²) in [5, 5.41) is 4.83. The highest BCUT2D eigenvalue weighted by molar-refractivity contribution is 7.91. The molecular weight excluding hydrogens is 294 g/mol. The first-order chi connectivity index (χ1) is 8.57. The number of likely N-dealkylation sites (tertiary alicyclic amines) is 1. The van der Waals surface area contributed by atoms with E-state index >= 15 is 0 Å². The van der Waals surface area contributed by atoms with Gasteiger partial charge >= 0.3 is 0 Å². The van der Waals surface area contributed by atoms with Crippen molar-refractivity contribution in [1.82, 2.24) is 9.62 Å². The fourth-order valence-electron chi connectivity index (χ4n) is 2.01. The molecular formula is C9H19N3O5S2. The van der Waals surface area contributed by atoms with Crippen LogP contribution in [0.3, 0.4) is 0 Å². The van der Waals surface area contributed by atoms with Gasteiger partial charge in [-0.05, 0) is 18.8 Å². The molecule has 1 aliphatic heterocycles. The minimum absolute atomic E-state index is 0.0458. The maximum atomic E-state index is 11.7. The summed E-state index contributed by atoms with van der Waals surface area (Å²) in [4.78, 5) is 13.2. The van der Waals surface area contributed by atoms with Gasteiger partial charge in [-0.3, -0.25) is 4.79 Å². The Morgan fingerprint density at radius 3 is 2.53 bits per heavy atom. The quantitative estimate of drug-likeness (QED) is 0.610. The van der Waals surface area contributed by atoms with Crippen molar-refractivity contribution in [2.45, 2.75) is 12.8 Å². The van der Waals surface area contributed by atoms with Gasteiger partial charge in [-0.15, -0.1) is 0 Å². The summed E-state index contributed by atoms with van der Waals surface area (Å²) in [5.41, 5.74) is 0. The first kappa shape index (κ1) is 16.3. The van der Waals surface area contributed by atoms with Crippen molar-refractivity contribution in [3.8, 4) is 0 Å². The van der Waals surface area contributed by atoms with Crippen LogP contribution in [0, 0.1) is 5.92 Å². The number of hydrogen-bond donors (Lipinski definition) is 2. The molecule has 8 nitrogen and oxygen atoms in total. The molecule has 1 heterocycles. The van der Waals surface area contributed by atoms with Gasteiger partial charge in [-0.1, -0.05) is 0 Å². The lowest BCUT2D eigenvalue weighted by Crippen LogP contribution is -2.46. The van der Waals surface area contributed by atoms with Gasteiger partial charge in [0, 0.05) is 25.9 Å². The number of carbonyl (C=O) groups is 1. The van der Waals surface area contributed by atoms with Gasteiger partial charge in [-0.25, -0.2) is 18.3 Å². The zero-order valence-electron chi connectivity index (χ0n) is 10.7. The Hall–Kier alpha value is -0.710. The van der Waals surface area contributed by atoms with Crippen LogP contribution in [0.5, 0.6) is 0 Å². The first-order valence-electron chi connectivity index (χ1n) is 5.80. The number of nitrogens with two attached hydrogens (primary N) is 1. The molecule has 112 valence electrons. The normalized spacial score (nSPS) is 21.4. The van der Waals surface area contributed by atoms with Gasteiger partial charge in [0.05, 0.1) is 0 Å². The van der Waals surface area contributed by atoms with Crippen LogP contribution in [0.4, 0.5) is 0 Å². The fraction of sp³-hybridized carbons (Fsp3) is 0.889. The van der Waals surface area contributed by atoms with Crippen LogP contribution < -0.4 is 9.86 Å². The molecule has 0 aliphatic carbocycles. The Bertz CT molecular complexity index is 528. The molecule has 1 aliphatic rings. The number of rotatable bonds is 5. The second-order valence-electron chi connectivity index (χ2n) is 4.81. The Kier molecular flexibility index (Phi) is 5.30. The molecule has 0 aromatic heterocycles. The summed E-state index contributed by atoms with van der Waals surface area (Å²) in [6, 6.07) is 0. The smallest absolute Gasteiger partial charge is 0.274 e. The van der Waals surface area contributed by atoms with Crippen molar-refractivity contribution < 1.29 is 21.6 Å². The zero-order valence-corrected chi connectivity index (χ0v) is 12.3. The van der Waals surface area contributed by atoms with Crippen LogP contribution in [-0.2, 0) is 24.8 Å². The summed E-state index contributed by atoms with van der Waals surface area (Å²) < 4.78 is 45.9. The van der Waals surface area contributed by atoms with E-state index in [1.54, 1.807) is 0 Å². The highest BCUT2D eigenvalue weighted by atomic mass is 32.2. The molecule has 3 N–H and O–H groups in total. The molecule has 10 heteroatoms. The minimum Gasteiger partial charge on any atom is -0.341 e. The van der Waals surface area contributed by atoms with E-state index in [4.69, 9.17) is 5.14 Å². The lowest BCUT2D eigenvalue weighted by atomic mass is 9.98. The van der Waals surface area contributed by atoms with Crippen LogP contribution in [0.25, 0.3) is 0 Å². The SMILES string of the molecule is CS(=O)(=O)CC(=O)N1CCCC(CNS(N)(=O)=O)C1. The van der Waals surface area contributed by atoms with Gasteiger partial charge in [0.15, 0.2) is 9.84 Å². The molecule has 0 bridgehead atoms. The van der Waals surface area contributed by atoms with Crippen LogP contribution >= 0.6 is 0 Å². The van der Waals surface area contributed by atoms with Crippen LogP contribution in [0.15, 0.2) is 0 Å². The number of sulfone groups is 1. The molecule has 1 unspecified atom stereocenters. The number of amides is 1. The van der Waals surface area contributed by atoms with Crippen LogP contribution in [0.2, 0.25) is 0 Å². The largest absolute Gasteiger partial charge is 0.341 e. The molecule has 1 fully saturated rings. The van der Waals surface area contributed by atoms with Gasteiger partial charge in [0.2, 0.25) is 5.91 Å². The summed E-state index contributed by atoms with van der Waals surface area (Å²) in [7, 11) is -7.09. The summed E-state index contributed by atoms with van der Waals surface area (Å²) >= 11 is 0. The Labute approximate surface area is 113 Å². The van der Waals surface area contributed by atoms with Gasteiger partial charge in [-0.2, -0.15) is 8.42 Å². The number of nitrogens with one attached hydrogen (secondary N) is 1. The van der Waals surface area contributed by atoms with Gasteiger partial charge < -0.3 is 4.90 Å². The molecule has 1 rings (SSSR count). The molecule has 0 aromatic rings. The maximum Gasteiger partial charge on any atom is 0.274 e. The summed E-state index contributed by atoms with van der Waals surface area (Å²) in [5.74, 6) is -0.999. The third-order valence-electron chi connectivity index (χ3n) is 2.83. The topological polar surface area (TPSA) is 127 Å². The molecule has 1 saturated heterocycles. The predicted octanol–water partition coefficient (Wildman–Crippen LogP) is -1.94. The van der Waals surface area contributed by atoms with E-state index < -0.39 is 31.7 Å². The highest BCUT2D eigenvalue weighted by Crippen LogP contribution is 2.16. The van der Waals surface area contributed by atoms with E-state index in [1.807, 2.05) is 0 Å². The van der Waals surface area contributed by atoms with Gasteiger partial charge in [0.1, 0.15) is 5.75 Å². The summed E-state index contributed by atoms with van der Waals surface area (Å²) in [6.45, 7) is 0.999.